The Morgan fingerprint density at radius 2 is 1.80 bits per heavy atom. The highest BCUT2D eigenvalue weighted by atomic mass is 35.5. The van der Waals surface area contributed by atoms with E-state index in [0.29, 0.717) is 0 Å². The van der Waals surface area contributed by atoms with E-state index in [-0.39, 0.29) is 23.3 Å². The zero-order valence-electron chi connectivity index (χ0n) is 20.4. The van der Waals surface area contributed by atoms with Crippen LogP contribution in [-0.4, -0.2) is 32.3 Å². The lowest BCUT2D eigenvalue weighted by molar-refractivity contribution is 0.0466. The van der Waals surface area contributed by atoms with Gasteiger partial charge < -0.3 is 10.1 Å². The molecule has 2 unspecified atom stereocenters. The second-order valence-corrected chi connectivity index (χ2v) is 10.4. The third-order valence-electron chi connectivity index (χ3n) is 6.54. The van der Waals surface area contributed by atoms with Gasteiger partial charge in [-0.3, -0.25) is 4.57 Å². The Morgan fingerprint density at radius 1 is 1.09 bits per heavy atom. The number of fused-ring (bicyclic) bond motifs is 1. The summed E-state index contributed by atoms with van der Waals surface area (Å²) in [5.74, 6) is 0.269. The molecule has 7 heteroatoms. The minimum atomic E-state index is -0.508. The topological polar surface area (TPSA) is 69.0 Å². The molecule has 0 spiro atoms. The van der Waals surface area contributed by atoms with E-state index in [1.165, 1.54) is 5.56 Å². The van der Waals surface area contributed by atoms with E-state index in [0.717, 1.165) is 46.4 Å². The average molecular weight is 489 g/mol. The smallest absolute Gasteiger partial charge is 0.407 e. The molecule has 0 saturated heterocycles. The minimum absolute atomic E-state index is 0.0804. The summed E-state index contributed by atoms with van der Waals surface area (Å²) in [4.78, 5) is 21.0. The predicted octanol–water partition coefficient (Wildman–Crippen LogP) is 6.82. The molecule has 1 N–H and O–H groups in total. The van der Waals surface area contributed by atoms with Crippen LogP contribution >= 0.6 is 11.6 Å². The molecule has 1 aliphatic rings. The predicted molar refractivity (Wildman–Crippen MR) is 139 cm³/mol. The maximum Gasteiger partial charge on any atom is 0.407 e. The molecule has 1 fully saturated rings. The number of hydrogen-bond donors (Lipinski definition) is 1. The molecular formula is C28H29ClN4O2. The van der Waals surface area contributed by atoms with E-state index in [9.17, 15) is 4.79 Å². The first-order valence-corrected chi connectivity index (χ1v) is 12.3. The maximum atomic E-state index is 12.2. The van der Waals surface area contributed by atoms with Gasteiger partial charge in [-0.25, -0.2) is 9.78 Å². The number of halogens is 1. The second kappa shape index (κ2) is 9.00. The van der Waals surface area contributed by atoms with Crippen LogP contribution in [0.1, 0.15) is 50.7 Å². The molecule has 2 aromatic heterocycles. The first kappa shape index (κ1) is 23.4. The first-order chi connectivity index (χ1) is 16.7. The molecule has 4 aromatic rings. The van der Waals surface area contributed by atoms with Gasteiger partial charge in [-0.2, -0.15) is 4.98 Å². The summed E-state index contributed by atoms with van der Waals surface area (Å²) in [6.07, 6.45) is 3.41. The van der Waals surface area contributed by atoms with Gasteiger partial charge in [-0.05, 0) is 81.0 Å². The standard InChI is InChI=1S/C28H29ClN4O2/c1-17-22-16-30-26(29)32-25(22)33(24(17)19-8-6-5-7-9-19)20-12-10-18(11-13-20)21-14-15-23(21)31-27(34)35-28(2,3)4/h5-13,16,21,23H,14-15H2,1-4H3,(H,31,34). The number of alkyl carbamates (subject to hydrolysis) is 1. The Kier molecular flexibility index (Phi) is 6.01. The highest BCUT2D eigenvalue weighted by molar-refractivity contribution is 6.28. The van der Waals surface area contributed by atoms with Crippen LogP contribution in [0.25, 0.3) is 28.0 Å². The largest absolute Gasteiger partial charge is 0.444 e. The van der Waals surface area contributed by atoms with Crippen LogP contribution in [0.4, 0.5) is 4.79 Å². The molecule has 6 nitrogen and oxygen atoms in total. The molecule has 2 aromatic carbocycles. The lowest BCUT2D eigenvalue weighted by Crippen LogP contribution is -2.47. The van der Waals surface area contributed by atoms with Gasteiger partial charge in [0, 0.05) is 29.2 Å². The number of hydrogen-bond acceptors (Lipinski definition) is 4. The number of aryl methyl sites for hydroxylation is 1. The number of carbonyl (C=O) groups is 1. The number of benzene rings is 2. The van der Waals surface area contributed by atoms with E-state index in [1.807, 2.05) is 39.0 Å². The normalized spacial score (nSPS) is 17.7. The lowest BCUT2D eigenvalue weighted by Gasteiger charge is -2.38. The van der Waals surface area contributed by atoms with Crippen molar-refractivity contribution < 1.29 is 9.53 Å². The van der Waals surface area contributed by atoms with Crippen LogP contribution in [0.2, 0.25) is 5.28 Å². The number of amides is 1. The molecule has 1 saturated carbocycles. The Labute approximate surface area is 210 Å². The Morgan fingerprint density at radius 3 is 2.43 bits per heavy atom. The lowest BCUT2D eigenvalue weighted by atomic mass is 9.75. The molecule has 1 aliphatic carbocycles. The van der Waals surface area contributed by atoms with Crippen molar-refractivity contribution in [2.45, 2.75) is 58.1 Å². The van der Waals surface area contributed by atoms with Gasteiger partial charge in [0.15, 0.2) is 0 Å². The third kappa shape index (κ3) is 4.63. The van der Waals surface area contributed by atoms with Gasteiger partial charge in [-0.1, -0.05) is 42.5 Å². The Bertz CT molecular complexity index is 1370. The van der Waals surface area contributed by atoms with Crippen LogP contribution < -0.4 is 5.32 Å². The molecule has 0 bridgehead atoms. The van der Waals surface area contributed by atoms with Crippen LogP contribution in [0, 0.1) is 6.92 Å². The number of aromatic nitrogens is 3. The zero-order chi connectivity index (χ0) is 24.7. The van der Waals surface area contributed by atoms with Crippen LogP contribution in [-0.2, 0) is 4.74 Å². The van der Waals surface area contributed by atoms with Crippen molar-refractivity contribution in [3.8, 4) is 16.9 Å². The van der Waals surface area contributed by atoms with Crippen molar-refractivity contribution in [2.75, 3.05) is 0 Å². The summed E-state index contributed by atoms with van der Waals surface area (Å²) in [6.45, 7) is 7.71. The molecule has 35 heavy (non-hydrogen) atoms. The highest BCUT2D eigenvalue weighted by Crippen LogP contribution is 2.39. The van der Waals surface area contributed by atoms with E-state index >= 15 is 0 Å². The monoisotopic (exact) mass is 488 g/mol. The molecule has 1 amide bonds. The van der Waals surface area contributed by atoms with Crippen molar-refractivity contribution in [3.63, 3.8) is 0 Å². The first-order valence-electron chi connectivity index (χ1n) is 11.9. The number of rotatable bonds is 4. The van der Waals surface area contributed by atoms with E-state index in [4.69, 9.17) is 16.3 Å². The van der Waals surface area contributed by atoms with Crippen molar-refractivity contribution >= 4 is 28.7 Å². The molecular weight excluding hydrogens is 460 g/mol. The van der Waals surface area contributed by atoms with E-state index in [1.54, 1.807) is 6.20 Å². The zero-order valence-corrected chi connectivity index (χ0v) is 21.1. The second-order valence-electron chi connectivity index (χ2n) is 10.1. The van der Waals surface area contributed by atoms with Gasteiger partial charge in [0.05, 0.1) is 5.69 Å². The van der Waals surface area contributed by atoms with Gasteiger partial charge >= 0.3 is 6.09 Å². The van der Waals surface area contributed by atoms with Gasteiger partial charge in [0.1, 0.15) is 11.2 Å². The van der Waals surface area contributed by atoms with Crippen molar-refractivity contribution in [3.05, 3.63) is 77.2 Å². The van der Waals surface area contributed by atoms with Crippen molar-refractivity contribution in [1.82, 2.24) is 19.9 Å². The number of nitrogens with zero attached hydrogens (tertiary/aromatic N) is 3. The highest BCUT2D eigenvalue weighted by Gasteiger charge is 2.34. The number of nitrogens with one attached hydrogen (secondary N) is 1. The fourth-order valence-corrected chi connectivity index (χ4v) is 4.91. The number of ether oxygens (including phenoxy) is 1. The van der Waals surface area contributed by atoms with Gasteiger partial charge in [0.25, 0.3) is 0 Å². The van der Waals surface area contributed by atoms with Crippen LogP contribution in [0.3, 0.4) is 0 Å². The fraction of sp³-hybridized carbons (Fsp3) is 0.321. The Hall–Kier alpha value is -3.38. The summed E-state index contributed by atoms with van der Waals surface area (Å²) in [6, 6.07) is 18.9. The third-order valence-corrected chi connectivity index (χ3v) is 6.72. The van der Waals surface area contributed by atoms with Gasteiger partial charge in [-0.15, -0.1) is 0 Å². The maximum absolute atomic E-state index is 12.2. The molecule has 0 aliphatic heterocycles. The summed E-state index contributed by atoms with van der Waals surface area (Å²) < 4.78 is 7.58. The molecule has 0 radical (unpaired) electrons. The summed E-state index contributed by atoms with van der Waals surface area (Å²) in [5.41, 5.74) is 5.74. The summed E-state index contributed by atoms with van der Waals surface area (Å²) in [5, 5.41) is 4.22. The van der Waals surface area contributed by atoms with Crippen LogP contribution in [0.15, 0.2) is 60.8 Å². The minimum Gasteiger partial charge on any atom is -0.444 e. The molecule has 180 valence electrons. The number of carbonyl (C=O) groups excluding carboxylic acids is 1. The fourth-order valence-electron chi connectivity index (χ4n) is 4.78. The van der Waals surface area contributed by atoms with Gasteiger partial charge in [0.2, 0.25) is 5.28 Å². The van der Waals surface area contributed by atoms with E-state index < -0.39 is 5.60 Å². The van der Waals surface area contributed by atoms with Crippen LogP contribution in [0.5, 0.6) is 0 Å². The Balaban J connectivity index is 1.48. The SMILES string of the molecule is Cc1c(-c2ccccc2)n(-c2ccc(C3CCC3NC(=O)OC(C)(C)C)cc2)c2nc(Cl)ncc12. The molecule has 2 heterocycles. The van der Waals surface area contributed by atoms with Crippen molar-refractivity contribution in [2.24, 2.45) is 0 Å². The quantitative estimate of drug-likeness (QED) is 0.320. The molecule has 5 rings (SSSR count). The average Bonchev–Trinajstić information content (AvgIpc) is 3.08. The summed E-state index contributed by atoms with van der Waals surface area (Å²) >= 11 is 6.20. The summed E-state index contributed by atoms with van der Waals surface area (Å²) in [7, 11) is 0. The van der Waals surface area contributed by atoms with E-state index in [2.05, 4.69) is 63.2 Å². The molecule has 2 atom stereocenters. The van der Waals surface area contributed by atoms with Crippen molar-refractivity contribution in [1.29, 1.82) is 0 Å².